The third-order valence-electron chi connectivity index (χ3n) is 7.90. The van der Waals surface area contributed by atoms with Crippen LogP contribution in [0.3, 0.4) is 0 Å². The number of urea groups is 1. The number of nitrogens with zero attached hydrogens (tertiary/aromatic N) is 3. The van der Waals surface area contributed by atoms with Crippen LogP contribution < -0.4 is 5.32 Å². The fraction of sp³-hybridized carbons (Fsp3) is 0.333. The number of esters is 1. The first-order valence-electron chi connectivity index (χ1n) is 12.1. The van der Waals surface area contributed by atoms with Crippen LogP contribution in [0.25, 0.3) is 0 Å². The molecule has 8 heteroatoms. The highest BCUT2D eigenvalue weighted by Gasteiger charge is 2.54. The number of carbonyl (C=O) groups is 2. The van der Waals surface area contributed by atoms with E-state index in [1.54, 1.807) is 30.5 Å². The molecule has 2 N–H and O–H groups in total. The molecule has 8 nitrogen and oxygen atoms in total. The lowest BCUT2D eigenvalue weighted by atomic mass is 9.74. The van der Waals surface area contributed by atoms with Gasteiger partial charge in [-0.05, 0) is 29.7 Å². The zero-order valence-corrected chi connectivity index (χ0v) is 19.3. The molecule has 4 heterocycles. The number of fused-ring (bicyclic) bond motifs is 5. The molecule has 3 saturated heterocycles. The van der Waals surface area contributed by atoms with Crippen LogP contribution in [0.5, 0.6) is 0 Å². The zero-order chi connectivity index (χ0) is 24.0. The Kier molecular flexibility index (Phi) is 5.16. The largest absolute Gasteiger partial charge is 0.453 e. The van der Waals surface area contributed by atoms with E-state index in [2.05, 4.69) is 15.5 Å². The van der Waals surface area contributed by atoms with Crippen molar-refractivity contribution in [1.29, 1.82) is 0 Å². The van der Waals surface area contributed by atoms with Crippen molar-refractivity contribution in [3.05, 3.63) is 89.1 Å². The van der Waals surface area contributed by atoms with Gasteiger partial charge in [-0.25, -0.2) is 14.1 Å². The van der Waals surface area contributed by atoms with Crippen LogP contribution in [-0.4, -0.2) is 57.5 Å². The molecule has 4 aliphatic rings. The van der Waals surface area contributed by atoms with Crippen LogP contribution in [0, 0.1) is 5.92 Å². The quantitative estimate of drug-likeness (QED) is 0.450. The summed E-state index contributed by atoms with van der Waals surface area (Å²) < 4.78 is 6.27. The normalized spacial score (nSPS) is 25.7. The Balaban J connectivity index is 1.28. The molecule has 2 bridgehead atoms. The van der Waals surface area contributed by atoms with Crippen molar-refractivity contribution in [3.63, 3.8) is 0 Å². The number of amides is 2. The molecule has 0 saturated carbocycles. The molecule has 2 amide bonds. The van der Waals surface area contributed by atoms with Gasteiger partial charge in [0, 0.05) is 36.1 Å². The molecule has 35 heavy (non-hydrogen) atoms. The van der Waals surface area contributed by atoms with Gasteiger partial charge in [0.2, 0.25) is 5.60 Å². The molecule has 1 atom stereocenters. The van der Waals surface area contributed by atoms with Crippen molar-refractivity contribution >= 4 is 17.8 Å². The van der Waals surface area contributed by atoms with Gasteiger partial charge in [-0.15, -0.1) is 5.10 Å². The monoisotopic (exact) mass is 471 g/mol. The van der Waals surface area contributed by atoms with Crippen LogP contribution in [0.4, 0.5) is 10.6 Å². The second-order valence-electron chi connectivity index (χ2n) is 9.80. The number of hydrogen-bond acceptors (Lipinski definition) is 6. The van der Waals surface area contributed by atoms with Crippen LogP contribution >= 0.6 is 0 Å². The molecular formula is C27H27N4O4+. The van der Waals surface area contributed by atoms with Gasteiger partial charge in [0.25, 0.3) is 0 Å². The number of anilines is 1. The molecule has 3 fully saturated rings. The number of rotatable bonds is 3. The first-order valence-corrected chi connectivity index (χ1v) is 12.1. The number of nitrogens with one attached hydrogen (secondary N) is 1. The first kappa shape index (κ1) is 21.9. The van der Waals surface area contributed by atoms with Crippen LogP contribution in [0.15, 0.2) is 66.9 Å². The lowest BCUT2D eigenvalue weighted by molar-refractivity contribution is -0.869. The summed E-state index contributed by atoms with van der Waals surface area (Å²) in [6, 6.07) is 18.2. The minimum Gasteiger partial charge on any atom is -0.453 e. The van der Waals surface area contributed by atoms with Crippen molar-refractivity contribution in [1.82, 2.24) is 10.2 Å². The Bertz CT molecular complexity index is 1240. The van der Waals surface area contributed by atoms with Gasteiger partial charge in [-0.2, -0.15) is 5.10 Å². The summed E-state index contributed by atoms with van der Waals surface area (Å²) in [4.78, 5) is 27.0. The molecule has 3 aromatic rings. The third kappa shape index (κ3) is 3.52. The van der Waals surface area contributed by atoms with E-state index in [1.165, 1.54) is 0 Å². The third-order valence-corrected chi connectivity index (χ3v) is 7.90. The van der Waals surface area contributed by atoms with E-state index in [4.69, 9.17) is 4.74 Å². The van der Waals surface area contributed by atoms with Crippen LogP contribution in [0.2, 0.25) is 0 Å². The van der Waals surface area contributed by atoms with Crippen molar-refractivity contribution < 1.29 is 23.9 Å². The van der Waals surface area contributed by atoms with E-state index in [-0.39, 0.29) is 16.4 Å². The van der Waals surface area contributed by atoms with Gasteiger partial charge in [0.1, 0.15) is 6.54 Å². The average Bonchev–Trinajstić information content (AvgIpc) is 2.90. The fourth-order valence-electron chi connectivity index (χ4n) is 5.99. The van der Waals surface area contributed by atoms with E-state index in [9.17, 15) is 14.7 Å². The Morgan fingerprint density at radius 2 is 1.63 bits per heavy atom. The Morgan fingerprint density at radius 3 is 2.26 bits per heavy atom. The minimum atomic E-state index is -1.88. The summed E-state index contributed by atoms with van der Waals surface area (Å²) in [6.07, 6.45) is 3.30. The highest BCUT2D eigenvalue weighted by atomic mass is 16.6. The number of carbonyl (C=O) groups excluding carboxylic acids is 2. The van der Waals surface area contributed by atoms with Crippen LogP contribution in [0.1, 0.15) is 35.1 Å². The Hall–Kier alpha value is -3.62. The van der Waals surface area contributed by atoms with Gasteiger partial charge >= 0.3 is 12.0 Å². The fourth-order valence-corrected chi connectivity index (χ4v) is 5.99. The van der Waals surface area contributed by atoms with Crippen molar-refractivity contribution in [3.8, 4) is 0 Å². The molecule has 2 aromatic carbocycles. The molecule has 0 radical (unpaired) electrons. The van der Waals surface area contributed by atoms with E-state index in [0.29, 0.717) is 43.0 Å². The molecular weight excluding hydrogens is 444 g/mol. The molecule has 178 valence electrons. The average molecular weight is 472 g/mol. The highest BCUT2D eigenvalue weighted by molar-refractivity contribution is 5.88. The number of ether oxygens (including phenoxy) is 1. The summed E-state index contributed by atoms with van der Waals surface area (Å²) in [5.74, 6) is -0.111. The molecule has 0 spiro atoms. The number of hydrogen-bond donors (Lipinski definition) is 2. The summed E-state index contributed by atoms with van der Waals surface area (Å²) in [5.41, 5.74) is 1.06. The van der Waals surface area contributed by atoms with Crippen molar-refractivity contribution in [2.24, 2.45) is 5.92 Å². The standard InChI is InChI=1S/C27H26N4O4/c32-25(27(34)21-8-3-1-6-19(21)16-20-7-2-4-9-22(20)27)35-23-17-31(14-11-18(23)12-15-31)26(33)29-24-10-5-13-28-30-24/h1-10,13,18,23,34H,11-12,14-17H2/p+1/t18?,23-,31?/m0/s1. The maximum absolute atomic E-state index is 13.8. The Morgan fingerprint density at radius 1 is 0.971 bits per heavy atom. The van der Waals surface area contributed by atoms with Gasteiger partial charge < -0.3 is 9.84 Å². The summed E-state index contributed by atoms with van der Waals surface area (Å²) in [6.45, 7) is 1.74. The first-order chi connectivity index (χ1) is 17.0. The topological polar surface area (TPSA) is 101 Å². The van der Waals surface area contributed by atoms with Crippen LogP contribution in [-0.2, 0) is 21.6 Å². The number of quaternary nitrogens is 1. The predicted octanol–water partition coefficient (Wildman–Crippen LogP) is 3.00. The SMILES string of the molecule is O=C(O[C@H]1C[N+]2(C(=O)Nc3cccnn3)CCC1CC2)C1(O)c2ccccc2Cc2ccccc21. The minimum absolute atomic E-state index is 0.168. The zero-order valence-electron chi connectivity index (χ0n) is 19.3. The van der Waals surface area contributed by atoms with E-state index in [1.807, 2.05) is 36.4 Å². The molecule has 3 aliphatic heterocycles. The second-order valence-corrected chi connectivity index (χ2v) is 9.80. The van der Waals surface area contributed by atoms with Gasteiger partial charge in [-0.3, -0.25) is 5.32 Å². The highest BCUT2D eigenvalue weighted by Crippen LogP contribution is 2.43. The Labute approximate surface area is 203 Å². The lowest BCUT2D eigenvalue weighted by Gasteiger charge is -2.49. The molecule has 7 rings (SSSR count). The van der Waals surface area contributed by atoms with Gasteiger partial charge in [-0.1, -0.05) is 48.5 Å². The van der Waals surface area contributed by atoms with E-state index < -0.39 is 17.7 Å². The number of benzene rings is 2. The maximum Gasteiger partial charge on any atom is 0.422 e. The molecule has 0 unspecified atom stereocenters. The summed E-state index contributed by atoms with van der Waals surface area (Å²) >= 11 is 0. The van der Waals surface area contributed by atoms with E-state index in [0.717, 1.165) is 24.0 Å². The van der Waals surface area contributed by atoms with Gasteiger partial charge in [0.05, 0.1) is 13.1 Å². The van der Waals surface area contributed by atoms with Crippen molar-refractivity contribution in [2.75, 3.05) is 25.0 Å². The van der Waals surface area contributed by atoms with Crippen molar-refractivity contribution in [2.45, 2.75) is 31.0 Å². The van der Waals surface area contributed by atoms with Gasteiger partial charge in [0.15, 0.2) is 11.9 Å². The number of aromatic nitrogens is 2. The number of aliphatic hydroxyl groups is 1. The predicted molar refractivity (Wildman–Crippen MR) is 127 cm³/mol. The molecule has 1 aliphatic carbocycles. The summed E-state index contributed by atoms with van der Waals surface area (Å²) in [5, 5.41) is 22.6. The molecule has 1 aromatic heterocycles. The maximum atomic E-state index is 13.8. The lowest BCUT2D eigenvalue weighted by Crippen LogP contribution is -2.68. The smallest absolute Gasteiger partial charge is 0.422 e. The number of piperidine rings is 3. The summed E-state index contributed by atoms with van der Waals surface area (Å²) in [7, 11) is 0. The van der Waals surface area contributed by atoms with E-state index >= 15 is 0 Å². The second kappa shape index (κ2) is 8.25.